The predicted molar refractivity (Wildman–Crippen MR) is 121 cm³/mol. The number of aromatic nitrogens is 3. The van der Waals surface area contributed by atoms with Crippen molar-refractivity contribution in [2.45, 2.75) is 6.54 Å². The van der Waals surface area contributed by atoms with Crippen LogP contribution in [0.15, 0.2) is 72.9 Å². The Balaban J connectivity index is 1.28. The first kappa shape index (κ1) is 20.1. The third kappa shape index (κ3) is 4.17. The van der Waals surface area contributed by atoms with E-state index in [4.69, 9.17) is 4.98 Å². The number of nitrogens with zero attached hydrogens (tertiary/aromatic N) is 5. The standard InChI is InChI=1S/C24H23FN6O/c25-18-6-4-7-19(16-18)27-24(32)30-14-12-29(13-15-30)17-22-28-21-10-5-11-26-23(21)31(22)20-8-2-1-3-9-20/h1-11,16H,12-15,17H2,(H,27,32). The van der Waals surface area contributed by atoms with Crippen molar-refractivity contribution in [1.29, 1.82) is 0 Å². The molecule has 1 saturated heterocycles. The van der Waals surface area contributed by atoms with Gasteiger partial charge in [0.25, 0.3) is 0 Å². The van der Waals surface area contributed by atoms with Crippen LogP contribution in [0.25, 0.3) is 16.9 Å². The van der Waals surface area contributed by atoms with E-state index < -0.39 is 0 Å². The van der Waals surface area contributed by atoms with Crippen LogP contribution in [-0.4, -0.2) is 56.5 Å². The first-order valence-corrected chi connectivity index (χ1v) is 10.6. The highest BCUT2D eigenvalue weighted by molar-refractivity contribution is 5.89. The summed E-state index contributed by atoms with van der Waals surface area (Å²) < 4.78 is 15.5. The number of hydrogen-bond donors (Lipinski definition) is 1. The second-order valence-corrected chi connectivity index (χ2v) is 7.75. The Hall–Kier alpha value is -3.78. The summed E-state index contributed by atoms with van der Waals surface area (Å²) >= 11 is 0. The lowest BCUT2D eigenvalue weighted by Gasteiger charge is -2.34. The number of piperazine rings is 1. The fourth-order valence-electron chi connectivity index (χ4n) is 3.99. The average molecular weight is 430 g/mol. The molecule has 1 fully saturated rings. The molecule has 0 atom stereocenters. The van der Waals surface area contributed by atoms with Crippen LogP contribution < -0.4 is 5.32 Å². The predicted octanol–water partition coefficient (Wildman–Crippen LogP) is 3.91. The highest BCUT2D eigenvalue weighted by Gasteiger charge is 2.23. The minimum Gasteiger partial charge on any atom is -0.322 e. The van der Waals surface area contributed by atoms with Crippen molar-refractivity contribution in [3.63, 3.8) is 0 Å². The highest BCUT2D eigenvalue weighted by Crippen LogP contribution is 2.21. The van der Waals surface area contributed by atoms with Gasteiger partial charge >= 0.3 is 6.03 Å². The number of amides is 2. The Kier molecular flexibility index (Phi) is 5.51. The molecule has 1 N–H and O–H groups in total. The summed E-state index contributed by atoms with van der Waals surface area (Å²) in [6.07, 6.45) is 1.78. The fraction of sp³-hybridized carbons (Fsp3) is 0.208. The van der Waals surface area contributed by atoms with Gasteiger partial charge in [0.2, 0.25) is 0 Å². The number of imidazole rings is 1. The molecule has 1 aliphatic rings. The first-order chi connectivity index (χ1) is 15.7. The zero-order valence-corrected chi connectivity index (χ0v) is 17.5. The number of urea groups is 1. The van der Waals surface area contributed by atoms with Crippen molar-refractivity contribution in [3.8, 4) is 5.69 Å². The lowest BCUT2D eigenvalue weighted by Crippen LogP contribution is -2.49. The van der Waals surface area contributed by atoms with Gasteiger partial charge < -0.3 is 10.2 Å². The molecule has 0 aliphatic carbocycles. The van der Waals surface area contributed by atoms with Crippen LogP contribution in [0.5, 0.6) is 0 Å². The number of carbonyl (C=O) groups is 1. The maximum absolute atomic E-state index is 13.4. The second kappa shape index (κ2) is 8.76. The number of carbonyl (C=O) groups excluding carboxylic acids is 1. The number of anilines is 1. The largest absolute Gasteiger partial charge is 0.322 e. The van der Waals surface area contributed by atoms with Gasteiger partial charge in [-0.25, -0.2) is 19.2 Å². The molecule has 162 valence electrons. The topological polar surface area (TPSA) is 66.3 Å². The van der Waals surface area contributed by atoms with E-state index in [0.29, 0.717) is 25.3 Å². The molecule has 2 amide bonds. The summed E-state index contributed by atoms with van der Waals surface area (Å²) in [6.45, 7) is 3.28. The minimum atomic E-state index is -0.372. The Bertz CT molecular complexity index is 1230. The second-order valence-electron chi connectivity index (χ2n) is 7.75. The summed E-state index contributed by atoms with van der Waals surface area (Å²) in [6, 6.07) is 19.7. The lowest BCUT2D eigenvalue weighted by molar-refractivity contribution is 0.140. The molecule has 2 aromatic carbocycles. The molecule has 8 heteroatoms. The van der Waals surface area contributed by atoms with Crippen molar-refractivity contribution < 1.29 is 9.18 Å². The molecule has 0 radical (unpaired) electrons. The van der Waals surface area contributed by atoms with Crippen LogP contribution >= 0.6 is 0 Å². The van der Waals surface area contributed by atoms with Gasteiger partial charge in [-0.15, -0.1) is 0 Å². The Labute approximate surface area is 185 Å². The molecule has 7 nitrogen and oxygen atoms in total. The van der Waals surface area contributed by atoms with Gasteiger partial charge in [-0.1, -0.05) is 24.3 Å². The minimum absolute atomic E-state index is 0.212. The van der Waals surface area contributed by atoms with E-state index in [9.17, 15) is 9.18 Å². The molecular weight excluding hydrogens is 407 g/mol. The van der Waals surface area contributed by atoms with Gasteiger partial charge in [-0.3, -0.25) is 9.47 Å². The quantitative estimate of drug-likeness (QED) is 0.533. The first-order valence-electron chi connectivity index (χ1n) is 10.6. The van der Waals surface area contributed by atoms with Crippen LogP contribution in [0.3, 0.4) is 0 Å². The zero-order valence-electron chi connectivity index (χ0n) is 17.5. The molecular formula is C24H23FN6O. The maximum atomic E-state index is 13.4. The third-order valence-corrected chi connectivity index (χ3v) is 5.60. The fourth-order valence-corrected chi connectivity index (χ4v) is 3.99. The van der Waals surface area contributed by atoms with E-state index >= 15 is 0 Å². The van der Waals surface area contributed by atoms with E-state index in [2.05, 4.69) is 19.8 Å². The van der Waals surface area contributed by atoms with Crippen LogP contribution in [0.2, 0.25) is 0 Å². The molecule has 3 heterocycles. The number of fused-ring (bicyclic) bond motifs is 1. The third-order valence-electron chi connectivity index (χ3n) is 5.60. The Morgan fingerprint density at radius 2 is 1.78 bits per heavy atom. The molecule has 5 rings (SSSR count). The van der Waals surface area contributed by atoms with Gasteiger partial charge in [-0.2, -0.15) is 0 Å². The zero-order chi connectivity index (χ0) is 21.9. The van der Waals surface area contributed by atoms with Gasteiger partial charge in [0.15, 0.2) is 5.65 Å². The Morgan fingerprint density at radius 1 is 0.969 bits per heavy atom. The normalized spacial score (nSPS) is 14.6. The van der Waals surface area contributed by atoms with E-state index in [0.717, 1.165) is 35.8 Å². The summed E-state index contributed by atoms with van der Waals surface area (Å²) in [5, 5.41) is 2.77. The van der Waals surface area contributed by atoms with Gasteiger partial charge in [-0.05, 0) is 42.5 Å². The molecule has 2 aromatic heterocycles. The molecule has 0 saturated carbocycles. The van der Waals surface area contributed by atoms with Gasteiger partial charge in [0.1, 0.15) is 17.2 Å². The van der Waals surface area contributed by atoms with Crippen molar-refractivity contribution in [3.05, 3.63) is 84.6 Å². The SMILES string of the molecule is O=C(Nc1cccc(F)c1)N1CCN(Cc2nc3cccnc3n2-c2ccccc2)CC1. The summed E-state index contributed by atoms with van der Waals surface area (Å²) in [5.41, 5.74) is 3.18. The number of nitrogens with one attached hydrogen (secondary N) is 1. The summed E-state index contributed by atoms with van der Waals surface area (Å²) in [5.74, 6) is 0.547. The number of pyridine rings is 1. The molecule has 0 spiro atoms. The summed E-state index contributed by atoms with van der Waals surface area (Å²) in [4.78, 5) is 26.0. The monoisotopic (exact) mass is 430 g/mol. The van der Waals surface area contributed by atoms with Gasteiger partial charge in [0, 0.05) is 43.8 Å². The number of hydrogen-bond acceptors (Lipinski definition) is 4. The Morgan fingerprint density at radius 3 is 2.56 bits per heavy atom. The smallest absolute Gasteiger partial charge is 0.321 e. The number of para-hydroxylation sites is 1. The molecule has 4 aromatic rings. The van der Waals surface area contributed by atoms with Crippen molar-refractivity contribution >= 4 is 22.9 Å². The van der Waals surface area contributed by atoms with E-state index in [-0.39, 0.29) is 11.8 Å². The van der Waals surface area contributed by atoms with Crippen LogP contribution in [0, 0.1) is 5.82 Å². The van der Waals surface area contributed by atoms with Crippen molar-refractivity contribution in [1.82, 2.24) is 24.3 Å². The van der Waals surface area contributed by atoms with E-state index in [1.54, 1.807) is 23.2 Å². The molecule has 32 heavy (non-hydrogen) atoms. The molecule has 0 unspecified atom stereocenters. The van der Waals surface area contributed by atoms with Crippen LogP contribution in [0.4, 0.5) is 14.9 Å². The van der Waals surface area contributed by atoms with Gasteiger partial charge in [0.05, 0.1) is 6.54 Å². The molecule has 1 aliphatic heterocycles. The average Bonchev–Trinajstić information content (AvgIpc) is 3.18. The van der Waals surface area contributed by atoms with E-state index in [1.165, 1.54) is 12.1 Å². The van der Waals surface area contributed by atoms with Crippen molar-refractivity contribution in [2.24, 2.45) is 0 Å². The van der Waals surface area contributed by atoms with E-state index in [1.807, 2.05) is 42.5 Å². The lowest BCUT2D eigenvalue weighted by atomic mass is 10.3. The maximum Gasteiger partial charge on any atom is 0.321 e. The van der Waals surface area contributed by atoms with Crippen LogP contribution in [-0.2, 0) is 6.54 Å². The highest BCUT2D eigenvalue weighted by atomic mass is 19.1. The number of halogens is 1. The van der Waals surface area contributed by atoms with Crippen molar-refractivity contribution in [2.75, 3.05) is 31.5 Å². The molecule has 0 bridgehead atoms. The number of rotatable bonds is 4. The van der Waals surface area contributed by atoms with Crippen LogP contribution in [0.1, 0.15) is 5.82 Å². The number of benzene rings is 2. The summed E-state index contributed by atoms with van der Waals surface area (Å²) in [7, 11) is 0.